The van der Waals surface area contributed by atoms with E-state index in [0.717, 1.165) is 25.8 Å². The molecule has 4 rings (SSSR count). The van der Waals surface area contributed by atoms with E-state index in [0.29, 0.717) is 6.04 Å². The lowest BCUT2D eigenvalue weighted by Crippen LogP contribution is -2.71. The summed E-state index contributed by atoms with van der Waals surface area (Å²) in [6, 6.07) is 7.23. The molecule has 2 aliphatic carbocycles. The van der Waals surface area contributed by atoms with Crippen LogP contribution < -0.4 is 0 Å². The van der Waals surface area contributed by atoms with Gasteiger partial charge in [0.05, 0.1) is 5.60 Å². The molecule has 0 radical (unpaired) electrons. The molecule has 20 heavy (non-hydrogen) atoms. The number of nitrogens with zero attached hydrogens (tertiary/aromatic N) is 1. The maximum Gasteiger partial charge on any atom is 0.0901 e. The minimum atomic E-state index is -0.501. The van der Waals surface area contributed by atoms with Crippen LogP contribution in [-0.4, -0.2) is 35.2 Å². The molecule has 3 atom stereocenters. The van der Waals surface area contributed by atoms with Gasteiger partial charge in [0.25, 0.3) is 0 Å². The van der Waals surface area contributed by atoms with E-state index in [1.807, 2.05) is 0 Å². The summed E-state index contributed by atoms with van der Waals surface area (Å²) in [5.41, 5.74) is 3.83. The molecule has 1 heterocycles. The highest BCUT2D eigenvalue weighted by molar-refractivity contribution is 5.46. The van der Waals surface area contributed by atoms with Crippen molar-refractivity contribution < 1.29 is 5.11 Å². The quantitative estimate of drug-likeness (QED) is 0.784. The number of aliphatic hydroxyl groups is 1. The van der Waals surface area contributed by atoms with Crippen LogP contribution in [0.1, 0.15) is 48.8 Å². The third-order valence-corrected chi connectivity index (χ3v) is 6.41. The Kier molecular flexibility index (Phi) is 2.62. The highest BCUT2D eigenvalue weighted by Crippen LogP contribution is 2.57. The average molecular weight is 271 g/mol. The minimum Gasteiger partial charge on any atom is -0.387 e. The topological polar surface area (TPSA) is 23.5 Å². The molecule has 1 aromatic carbocycles. The zero-order valence-corrected chi connectivity index (χ0v) is 12.7. The number of fused-ring (bicyclic) bond motifs is 1. The van der Waals surface area contributed by atoms with Gasteiger partial charge in [-0.25, -0.2) is 0 Å². The predicted molar refractivity (Wildman–Crippen MR) is 81.0 cm³/mol. The van der Waals surface area contributed by atoms with Crippen molar-refractivity contribution >= 4 is 0 Å². The van der Waals surface area contributed by atoms with Crippen LogP contribution in [0, 0.1) is 6.92 Å². The lowest BCUT2D eigenvalue weighted by Gasteiger charge is -2.63. The molecular weight excluding hydrogens is 246 g/mol. The van der Waals surface area contributed by atoms with Crippen molar-refractivity contribution in [1.29, 1.82) is 0 Å². The van der Waals surface area contributed by atoms with Gasteiger partial charge in [0, 0.05) is 11.5 Å². The Balaban J connectivity index is 1.97. The fraction of sp³-hybridized carbons (Fsp3) is 0.667. The molecule has 0 aromatic heterocycles. The normalized spacial score (nSPS) is 40.0. The number of likely N-dealkylation sites (tertiary alicyclic amines) is 1. The summed E-state index contributed by atoms with van der Waals surface area (Å²) >= 11 is 0. The molecule has 1 N–H and O–H groups in total. The summed E-state index contributed by atoms with van der Waals surface area (Å²) in [7, 11) is 2.19. The molecule has 0 unspecified atom stereocenters. The maximum atomic E-state index is 11.6. The zero-order valence-electron chi connectivity index (χ0n) is 12.7. The van der Waals surface area contributed by atoms with Gasteiger partial charge < -0.3 is 10.0 Å². The molecule has 1 saturated carbocycles. The summed E-state index contributed by atoms with van der Waals surface area (Å²) in [5, 5.41) is 11.6. The Morgan fingerprint density at radius 1 is 1.20 bits per heavy atom. The number of hydrogen-bond acceptors (Lipinski definition) is 2. The first-order valence-electron chi connectivity index (χ1n) is 8.09. The van der Waals surface area contributed by atoms with Crippen molar-refractivity contribution in [2.75, 3.05) is 13.6 Å². The number of aryl methyl sites for hydroxylation is 1. The van der Waals surface area contributed by atoms with Crippen LogP contribution in [0.2, 0.25) is 0 Å². The van der Waals surface area contributed by atoms with E-state index in [2.05, 4.69) is 37.1 Å². The molecular formula is C18H25NO. The van der Waals surface area contributed by atoms with Gasteiger partial charge in [0.1, 0.15) is 0 Å². The lowest BCUT2D eigenvalue weighted by atomic mass is 9.49. The fourth-order valence-corrected chi connectivity index (χ4v) is 5.34. The molecule has 0 amide bonds. The van der Waals surface area contributed by atoms with E-state index in [9.17, 15) is 5.11 Å². The SMILES string of the molecule is Cc1ccc2c(c1)[C@@]13CCCC[C@@]1(O)[C@@H](C2)N(C)CC3. The van der Waals surface area contributed by atoms with Crippen LogP contribution in [0.5, 0.6) is 0 Å². The molecule has 2 heteroatoms. The van der Waals surface area contributed by atoms with Crippen molar-refractivity contribution in [3.8, 4) is 0 Å². The van der Waals surface area contributed by atoms with Gasteiger partial charge in [-0.1, -0.05) is 36.6 Å². The Hall–Kier alpha value is -0.860. The van der Waals surface area contributed by atoms with Crippen LogP contribution in [-0.2, 0) is 11.8 Å². The summed E-state index contributed by atoms with van der Waals surface area (Å²) in [6.07, 6.45) is 6.74. The standard InChI is InChI=1S/C18H25NO/c1-13-5-6-14-12-16-18(20)8-4-3-7-17(18,15(14)11-13)9-10-19(16)2/h5-6,11,16,20H,3-4,7-10,12H2,1-2H3/t16-,17+,18-/m1/s1. The minimum absolute atomic E-state index is 0.0298. The average Bonchev–Trinajstić information content (AvgIpc) is 2.43. The van der Waals surface area contributed by atoms with Gasteiger partial charge in [0.15, 0.2) is 0 Å². The highest BCUT2D eigenvalue weighted by Gasteiger charge is 2.62. The Bertz CT molecular complexity index is 554. The smallest absolute Gasteiger partial charge is 0.0901 e. The number of hydrogen-bond donors (Lipinski definition) is 1. The Morgan fingerprint density at radius 3 is 2.85 bits per heavy atom. The molecule has 1 saturated heterocycles. The van der Waals surface area contributed by atoms with Crippen molar-refractivity contribution in [3.63, 3.8) is 0 Å². The number of benzene rings is 1. The van der Waals surface area contributed by atoms with Gasteiger partial charge in [-0.15, -0.1) is 0 Å². The largest absolute Gasteiger partial charge is 0.387 e. The fourth-order valence-electron chi connectivity index (χ4n) is 5.34. The molecule has 2 bridgehead atoms. The van der Waals surface area contributed by atoms with Crippen molar-refractivity contribution in [2.45, 2.75) is 62.5 Å². The first-order chi connectivity index (χ1) is 9.57. The van der Waals surface area contributed by atoms with Gasteiger partial charge in [-0.3, -0.25) is 0 Å². The second-order valence-electron chi connectivity index (χ2n) is 7.32. The molecule has 1 aromatic rings. The third kappa shape index (κ3) is 1.42. The van der Waals surface area contributed by atoms with Crippen LogP contribution in [0.3, 0.4) is 0 Å². The molecule has 2 fully saturated rings. The zero-order chi connectivity index (χ0) is 14.0. The van der Waals surface area contributed by atoms with E-state index >= 15 is 0 Å². The Labute approximate surface area is 121 Å². The van der Waals surface area contributed by atoms with E-state index in [4.69, 9.17) is 0 Å². The monoisotopic (exact) mass is 271 g/mol. The van der Waals surface area contributed by atoms with Crippen LogP contribution in [0.15, 0.2) is 18.2 Å². The molecule has 108 valence electrons. The highest BCUT2D eigenvalue weighted by atomic mass is 16.3. The van der Waals surface area contributed by atoms with E-state index < -0.39 is 5.60 Å². The maximum absolute atomic E-state index is 11.6. The first kappa shape index (κ1) is 12.8. The lowest BCUT2D eigenvalue weighted by molar-refractivity contribution is -0.160. The third-order valence-electron chi connectivity index (χ3n) is 6.41. The van der Waals surface area contributed by atoms with E-state index in [-0.39, 0.29) is 5.41 Å². The second kappa shape index (κ2) is 4.08. The number of likely N-dealkylation sites (N-methyl/N-ethyl adjacent to an activating group) is 1. The predicted octanol–water partition coefficient (Wildman–Crippen LogP) is 2.80. The summed E-state index contributed by atoms with van der Waals surface area (Å²) in [4.78, 5) is 2.41. The van der Waals surface area contributed by atoms with Gasteiger partial charge in [-0.2, -0.15) is 0 Å². The number of rotatable bonds is 0. The van der Waals surface area contributed by atoms with Crippen molar-refractivity contribution in [2.24, 2.45) is 0 Å². The van der Waals surface area contributed by atoms with Crippen molar-refractivity contribution in [1.82, 2.24) is 4.90 Å². The molecule has 0 spiro atoms. The summed E-state index contributed by atoms with van der Waals surface area (Å²) < 4.78 is 0. The first-order valence-corrected chi connectivity index (χ1v) is 8.09. The van der Waals surface area contributed by atoms with Gasteiger partial charge in [0.2, 0.25) is 0 Å². The molecule has 2 nitrogen and oxygen atoms in total. The van der Waals surface area contributed by atoms with Crippen LogP contribution in [0.25, 0.3) is 0 Å². The summed E-state index contributed by atoms with van der Waals surface area (Å²) in [6.45, 7) is 3.31. The number of piperidine rings is 1. The molecule has 3 aliphatic rings. The summed E-state index contributed by atoms with van der Waals surface area (Å²) in [5.74, 6) is 0. The van der Waals surface area contributed by atoms with Crippen LogP contribution in [0.4, 0.5) is 0 Å². The van der Waals surface area contributed by atoms with Gasteiger partial charge in [-0.05, 0) is 57.3 Å². The van der Waals surface area contributed by atoms with Crippen LogP contribution >= 0.6 is 0 Å². The van der Waals surface area contributed by atoms with E-state index in [1.54, 1.807) is 0 Å². The molecule has 1 aliphatic heterocycles. The Morgan fingerprint density at radius 2 is 2.00 bits per heavy atom. The van der Waals surface area contributed by atoms with Gasteiger partial charge >= 0.3 is 0 Å². The second-order valence-corrected chi connectivity index (χ2v) is 7.32. The van der Waals surface area contributed by atoms with Crippen molar-refractivity contribution in [3.05, 3.63) is 34.9 Å². The van der Waals surface area contributed by atoms with E-state index in [1.165, 1.54) is 36.0 Å².